The maximum atomic E-state index is 13.3. The molecule has 1 unspecified atom stereocenters. The fourth-order valence-electron chi connectivity index (χ4n) is 2.81. The monoisotopic (exact) mass is 298 g/mol. The van der Waals surface area contributed by atoms with Gasteiger partial charge in [-0.25, -0.2) is 8.78 Å². The highest BCUT2D eigenvalue weighted by atomic mass is 19.2. The van der Waals surface area contributed by atoms with E-state index in [1.807, 2.05) is 0 Å². The van der Waals surface area contributed by atoms with E-state index in [-0.39, 0.29) is 0 Å². The molecule has 0 aromatic heterocycles. The quantitative estimate of drug-likeness (QED) is 0.783. The van der Waals surface area contributed by atoms with Gasteiger partial charge in [0.2, 0.25) is 0 Å². The molecule has 1 heterocycles. The van der Waals surface area contributed by atoms with Gasteiger partial charge in [-0.1, -0.05) is 12.5 Å². The number of rotatable bonds is 7. The second-order valence-corrected chi connectivity index (χ2v) is 5.57. The van der Waals surface area contributed by atoms with Crippen LogP contribution >= 0.6 is 0 Å². The Morgan fingerprint density at radius 2 is 2.14 bits per heavy atom. The maximum Gasteiger partial charge on any atom is 0.159 e. The number of hydrogen-bond donors (Lipinski definition) is 1. The smallest absolute Gasteiger partial charge is 0.159 e. The zero-order chi connectivity index (χ0) is 15.1. The fraction of sp³-hybridized carbons (Fsp3) is 0.625. The molecule has 118 valence electrons. The van der Waals surface area contributed by atoms with Crippen LogP contribution < -0.4 is 5.32 Å². The minimum absolute atomic E-state index is 0.448. The molecule has 0 saturated carbocycles. The van der Waals surface area contributed by atoms with Gasteiger partial charge in [-0.2, -0.15) is 0 Å². The van der Waals surface area contributed by atoms with Gasteiger partial charge in [-0.3, -0.25) is 4.90 Å². The van der Waals surface area contributed by atoms with E-state index >= 15 is 0 Å². The lowest BCUT2D eigenvalue weighted by Crippen LogP contribution is -2.45. The van der Waals surface area contributed by atoms with Crippen LogP contribution in [0.5, 0.6) is 0 Å². The first-order valence-corrected chi connectivity index (χ1v) is 7.58. The Bertz CT molecular complexity index is 442. The molecule has 0 radical (unpaired) electrons. The molecule has 5 heteroatoms. The summed E-state index contributed by atoms with van der Waals surface area (Å²) in [6.45, 7) is 4.14. The number of nitrogens with one attached hydrogen (secondary N) is 1. The van der Waals surface area contributed by atoms with Gasteiger partial charge in [0.05, 0.1) is 6.61 Å². The molecule has 2 rings (SSSR count). The third kappa shape index (κ3) is 5.02. The van der Waals surface area contributed by atoms with Crippen molar-refractivity contribution in [1.29, 1.82) is 0 Å². The number of nitrogens with zero attached hydrogens (tertiary/aromatic N) is 1. The molecule has 0 bridgehead atoms. The molecule has 0 amide bonds. The van der Waals surface area contributed by atoms with Crippen molar-refractivity contribution in [3.8, 4) is 0 Å². The minimum Gasteiger partial charge on any atom is -0.383 e. The second-order valence-electron chi connectivity index (χ2n) is 5.57. The molecule has 1 atom stereocenters. The first-order chi connectivity index (χ1) is 10.2. The Balaban J connectivity index is 1.90. The Hall–Kier alpha value is -1.04. The van der Waals surface area contributed by atoms with E-state index in [9.17, 15) is 8.78 Å². The highest BCUT2D eigenvalue weighted by Crippen LogP contribution is 2.20. The lowest BCUT2D eigenvalue weighted by Gasteiger charge is -2.36. The fourth-order valence-corrected chi connectivity index (χ4v) is 2.81. The minimum atomic E-state index is -0.782. The molecular weight excluding hydrogens is 274 g/mol. The SMILES string of the molecule is COCCNCC1CCCCN1Cc1ccc(F)c(F)c1. The van der Waals surface area contributed by atoms with Gasteiger partial charge in [-0.05, 0) is 37.1 Å². The van der Waals surface area contributed by atoms with E-state index in [1.54, 1.807) is 13.2 Å². The normalized spacial score (nSPS) is 19.9. The van der Waals surface area contributed by atoms with Gasteiger partial charge >= 0.3 is 0 Å². The highest BCUT2D eigenvalue weighted by Gasteiger charge is 2.22. The summed E-state index contributed by atoms with van der Waals surface area (Å²) in [6, 6.07) is 4.63. The number of halogens is 2. The second kappa shape index (κ2) is 8.41. The van der Waals surface area contributed by atoms with E-state index in [1.165, 1.54) is 18.6 Å². The number of ether oxygens (including phenoxy) is 1. The van der Waals surface area contributed by atoms with Crippen LogP contribution in [0.2, 0.25) is 0 Å². The molecule has 1 fully saturated rings. The van der Waals surface area contributed by atoms with Gasteiger partial charge in [0, 0.05) is 32.8 Å². The zero-order valence-corrected chi connectivity index (χ0v) is 12.6. The Kier molecular flexibility index (Phi) is 6.54. The standard InChI is InChI=1S/C16H24F2N2O/c1-21-9-7-19-11-14-4-2-3-8-20(14)12-13-5-6-15(17)16(18)10-13/h5-6,10,14,19H,2-4,7-9,11-12H2,1H3. The maximum absolute atomic E-state index is 13.3. The third-order valence-corrected chi connectivity index (χ3v) is 3.98. The van der Waals surface area contributed by atoms with Crippen LogP contribution in [-0.2, 0) is 11.3 Å². The lowest BCUT2D eigenvalue weighted by atomic mass is 10.0. The molecule has 3 nitrogen and oxygen atoms in total. The van der Waals surface area contributed by atoms with Gasteiger partial charge < -0.3 is 10.1 Å². The topological polar surface area (TPSA) is 24.5 Å². The first kappa shape index (κ1) is 16.3. The van der Waals surface area contributed by atoms with Crippen molar-refractivity contribution < 1.29 is 13.5 Å². The number of likely N-dealkylation sites (tertiary alicyclic amines) is 1. The van der Waals surface area contributed by atoms with Crippen molar-refractivity contribution in [2.75, 3.05) is 33.4 Å². The first-order valence-electron chi connectivity index (χ1n) is 7.58. The Morgan fingerprint density at radius 3 is 2.90 bits per heavy atom. The van der Waals surface area contributed by atoms with Gasteiger partial charge in [-0.15, -0.1) is 0 Å². The van der Waals surface area contributed by atoms with E-state index in [4.69, 9.17) is 4.74 Å². The summed E-state index contributed by atoms with van der Waals surface area (Å²) in [7, 11) is 1.69. The lowest BCUT2D eigenvalue weighted by molar-refractivity contribution is 0.133. The molecule has 1 N–H and O–H groups in total. The van der Waals surface area contributed by atoms with Crippen molar-refractivity contribution in [1.82, 2.24) is 10.2 Å². The van der Waals surface area contributed by atoms with Gasteiger partial charge in [0.15, 0.2) is 11.6 Å². The molecule has 21 heavy (non-hydrogen) atoms. The average molecular weight is 298 g/mol. The molecule has 1 aliphatic rings. The van der Waals surface area contributed by atoms with Crippen molar-refractivity contribution >= 4 is 0 Å². The summed E-state index contributed by atoms with van der Waals surface area (Å²) in [6.07, 6.45) is 3.53. The number of methoxy groups -OCH3 is 1. The van der Waals surface area contributed by atoms with Crippen LogP contribution in [0.1, 0.15) is 24.8 Å². The van der Waals surface area contributed by atoms with E-state index in [2.05, 4.69) is 10.2 Å². The van der Waals surface area contributed by atoms with Crippen LogP contribution in [0.25, 0.3) is 0 Å². The highest BCUT2D eigenvalue weighted by molar-refractivity contribution is 5.17. The Morgan fingerprint density at radius 1 is 1.29 bits per heavy atom. The zero-order valence-electron chi connectivity index (χ0n) is 12.6. The van der Waals surface area contributed by atoms with Crippen LogP contribution in [0.4, 0.5) is 8.78 Å². The number of benzene rings is 1. The van der Waals surface area contributed by atoms with Crippen molar-refractivity contribution in [2.24, 2.45) is 0 Å². The Labute approximate surface area is 125 Å². The summed E-state index contributed by atoms with van der Waals surface area (Å²) < 4.78 is 31.3. The average Bonchev–Trinajstić information content (AvgIpc) is 2.49. The summed E-state index contributed by atoms with van der Waals surface area (Å²) in [5.41, 5.74) is 0.831. The van der Waals surface area contributed by atoms with Crippen LogP contribution in [-0.4, -0.2) is 44.3 Å². The predicted molar refractivity (Wildman–Crippen MR) is 79.2 cm³/mol. The van der Waals surface area contributed by atoms with E-state index in [0.29, 0.717) is 19.2 Å². The van der Waals surface area contributed by atoms with Crippen LogP contribution in [0.3, 0.4) is 0 Å². The molecule has 0 aliphatic carbocycles. The number of piperidine rings is 1. The number of hydrogen-bond acceptors (Lipinski definition) is 3. The molecule has 1 aromatic rings. The summed E-state index contributed by atoms with van der Waals surface area (Å²) in [5, 5.41) is 3.39. The molecule has 1 aliphatic heterocycles. The van der Waals surface area contributed by atoms with Crippen molar-refractivity contribution in [2.45, 2.75) is 31.8 Å². The summed E-state index contributed by atoms with van der Waals surface area (Å²) >= 11 is 0. The molecule has 0 spiro atoms. The van der Waals surface area contributed by atoms with Crippen LogP contribution in [0, 0.1) is 11.6 Å². The van der Waals surface area contributed by atoms with Gasteiger partial charge in [0.25, 0.3) is 0 Å². The summed E-state index contributed by atoms with van der Waals surface area (Å²) in [5.74, 6) is -1.55. The van der Waals surface area contributed by atoms with Gasteiger partial charge in [0.1, 0.15) is 0 Å². The molecule has 1 saturated heterocycles. The molecule has 1 aromatic carbocycles. The molecular formula is C16H24F2N2O. The van der Waals surface area contributed by atoms with Crippen LogP contribution in [0.15, 0.2) is 18.2 Å². The van der Waals surface area contributed by atoms with E-state index in [0.717, 1.165) is 38.0 Å². The van der Waals surface area contributed by atoms with E-state index < -0.39 is 11.6 Å². The summed E-state index contributed by atoms with van der Waals surface area (Å²) in [4.78, 5) is 2.36. The third-order valence-electron chi connectivity index (χ3n) is 3.98. The van der Waals surface area contributed by atoms with Crippen molar-refractivity contribution in [3.63, 3.8) is 0 Å². The largest absolute Gasteiger partial charge is 0.383 e. The van der Waals surface area contributed by atoms with Crippen molar-refractivity contribution in [3.05, 3.63) is 35.4 Å². The predicted octanol–water partition coefficient (Wildman–Crippen LogP) is 2.56.